The molecule has 0 aliphatic heterocycles. The van der Waals surface area contributed by atoms with Crippen LogP contribution in [0.3, 0.4) is 0 Å². The first-order chi connectivity index (χ1) is 8.69. The highest BCUT2D eigenvalue weighted by atomic mass is 16.3. The molecule has 96 valence electrons. The summed E-state index contributed by atoms with van der Waals surface area (Å²) in [5.41, 5.74) is 1.23. The summed E-state index contributed by atoms with van der Waals surface area (Å²) < 4.78 is 0. The SMILES string of the molecule is CC1CCC(CO)(Nc2ccccc2C#N)CC1. The van der Waals surface area contributed by atoms with E-state index in [1.165, 1.54) is 0 Å². The second-order valence-electron chi connectivity index (χ2n) is 5.40. The monoisotopic (exact) mass is 244 g/mol. The molecule has 2 rings (SSSR count). The smallest absolute Gasteiger partial charge is 0.101 e. The van der Waals surface area contributed by atoms with Crippen molar-refractivity contribution in [3.63, 3.8) is 0 Å². The van der Waals surface area contributed by atoms with E-state index < -0.39 is 0 Å². The molecule has 3 nitrogen and oxygen atoms in total. The number of anilines is 1. The van der Waals surface area contributed by atoms with Crippen LogP contribution in [0, 0.1) is 17.2 Å². The number of aliphatic hydroxyl groups excluding tert-OH is 1. The van der Waals surface area contributed by atoms with E-state index in [4.69, 9.17) is 5.26 Å². The van der Waals surface area contributed by atoms with E-state index in [2.05, 4.69) is 18.3 Å². The average molecular weight is 244 g/mol. The van der Waals surface area contributed by atoms with Crippen molar-refractivity contribution >= 4 is 5.69 Å². The summed E-state index contributed by atoms with van der Waals surface area (Å²) >= 11 is 0. The van der Waals surface area contributed by atoms with Crippen LogP contribution in [0.4, 0.5) is 5.69 Å². The Labute approximate surface area is 108 Å². The van der Waals surface area contributed by atoms with Gasteiger partial charge in [0.25, 0.3) is 0 Å². The molecule has 0 heterocycles. The molecule has 1 aliphatic carbocycles. The summed E-state index contributed by atoms with van der Waals surface area (Å²) in [6.45, 7) is 2.38. The van der Waals surface area contributed by atoms with Crippen LogP contribution in [0.15, 0.2) is 24.3 Å². The lowest BCUT2D eigenvalue weighted by Gasteiger charge is -2.39. The fraction of sp³-hybridized carbons (Fsp3) is 0.533. The van der Waals surface area contributed by atoms with Crippen molar-refractivity contribution in [3.8, 4) is 6.07 Å². The number of nitrogens with one attached hydrogen (secondary N) is 1. The Hall–Kier alpha value is -1.53. The largest absolute Gasteiger partial charge is 0.394 e. The summed E-state index contributed by atoms with van der Waals surface area (Å²) in [5.74, 6) is 0.734. The summed E-state index contributed by atoms with van der Waals surface area (Å²) in [4.78, 5) is 0. The fourth-order valence-electron chi connectivity index (χ4n) is 2.61. The van der Waals surface area contributed by atoms with E-state index in [1.807, 2.05) is 18.2 Å². The van der Waals surface area contributed by atoms with Gasteiger partial charge in [0.1, 0.15) is 6.07 Å². The van der Waals surface area contributed by atoms with Gasteiger partial charge in [-0.25, -0.2) is 0 Å². The molecule has 1 aromatic carbocycles. The van der Waals surface area contributed by atoms with Crippen LogP contribution in [0.1, 0.15) is 38.2 Å². The molecule has 1 saturated carbocycles. The minimum atomic E-state index is -0.251. The molecule has 0 aromatic heterocycles. The number of para-hydroxylation sites is 1. The molecule has 0 atom stereocenters. The second kappa shape index (κ2) is 5.41. The summed E-state index contributed by atoms with van der Waals surface area (Å²) in [5, 5.41) is 22.2. The molecule has 0 saturated heterocycles. The molecule has 1 aliphatic rings. The minimum absolute atomic E-state index is 0.124. The first-order valence-corrected chi connectivity index (χ1v) is 6.57. The number of hydrogen-bond acceptors (Lipinski definition) is 3. The molecule has 18 heavy (non-hydrogen) atoms. The van der Waals surface area contributed by atoms with E-state index in [0.29, 0.717) is 5.56 Å². The zero-order valence-electron chi connectivity index (χ0n) is 10.8. The van der Waals surface area contributed by atoms with Crippen LogP contribution in [-0.4, -0.2) is 17.3 Å². The third-order valence-corrected chi connectivity index (χ3v) is 3.98. The molecule has 0 radical (unpaired) electrons. The highest BCUT2D eigenvalue weighted by Gasteiger charge is 2.33. The highest BCUT2D eigenvalue weighted by molar-refractivity contribution is 5.58. The van der Waals surface area contributed by atoms with Gasteiger partial charge in [0, 0.05) is 0 Å². The van der Waals surface area contributed by atoms with Crippen molar-refractivity contribution in [3.05, 3.63) is 29.8 Å². The van der Waals surface area contributed by atoms with Gasteiger partial charge in [-0.2, -0.15) is 5.26 Å². The molecule has 0 amide bonds. The van der Waals surface area contributed by atoms with Gasteiger partial charge in [-0.05, 0) is 43.7 Å². The molecular formula is C15H20N2O. The number of benzene rings is 1. The van der Waals surface area contributed by atoms with E-state index in [-0.39, 0.29) is 12.1 Å². The van der Waals surface area contributed by atoms with Crippen molar-refractivity contribution in [2.24, 2.45) is 5.92 Å². The fourth-order valence-corrected chi connectivity index (χ4v) is 2.61. The number of aliphatic hydroxyl groups is 1. The minimum Gasteiger partial charge on any atom is -0.394 e. The van der Waals surface area contributed by atoms with Crippen LogP contribution in [-0.2, 0) is 0 Å². The number of nitrogens with zero attached hydrogens (tertiary/aromatic N) is 1. The Balaban J connectivity index is 2.18. The molecule has 1 aromatic rings. The predicted octanol–water partition coefficient (Wildman–Crippen LogP) is 2.91. The lowest BCUT2D eigenvalue weighted by atomic mass is 9.77. The number of rotatable bonds is 3. The molecule has 0 bridgehead atoms. The Morgan fingerprint density at radius 3 is 2.67 bits per heavy atom. The molecule has 0 spiro atoms. The third-order valence-electron chi connectivity index (χ3n) is 3.98. The van der Waals surface area contributed by atoms with E-state index >= 15 is 0 Å². The van der Waals surface area contributed by atoms with E-state index in [9.17, 15) is 5.11 Å². The average Bonchev–Trinajstić information content (AvgIpc) is 2.42. The standard InChI is InChI=1S/C15H20N2O/c1-12-6-8-15(11-18,9-7-12)17-14-5-3-2-4-13(14)10-16/h2-5,12,17-18H,6-9,11H2,1H3. The zero-order chi connectivity index (χ0) is 13.0. The lowest BCUT2D eigenvalue weighted by molar-refractivity contribution is 0.155. The Morgan fingerprint density at radius 1 is 1.39 bits per heavy atom. The number of nitriles is 1. The zero-order valence-corrected chi connectivity index (χ0v) is 10.8. The summed E-state index contributed by atoms with van der Waals surface area (Å²) in [7, 11) is 0. The van der Waals surface area contributed by atoms with Gasteiger partial charge in [-0.15, -0.1) is 0 Å². The summed E-state index contributed by atoms with van der Waals surface area (Å²) in [6, 6.07) is 9.68. The first-order valence-electron chi connectivity index (χ1n) is 6.57. The van der Waals surface area contributed by atoms with Crippen molar-refractivity contribution in [2.45, 2.75) is 38.1 Å². The quantitative estimate of drug-likeness (QED) is 0.859. The molecular weight excluding hydrogens is 224 g/mol. The maximum atomic E-state index is 9.71. The van der Waals surface area contributed by atoms with Gasteiger partial charge >= 0.3 is 0 Å². The van der Waals surface area contributed by atoms with Crippen molar-refractivity contribution in [1.82, 2.24) is 0 Å². The predicted molar refractivity (Wildman–Crippen MR) is 72.2 cm³/mol. The maximum Gasteiger partial charge on any atom is 0.101 e. The van der Waals surface area contributed by atoms with Crippen molar-refractivity contribution < 1.29 is 5.11 Å². The van der Waals surface area contributed by atoms with E-state index in [0.717, 1.165) is 37.3 Å². The topological polar surface area (TPSA) is 56.0 Å². The van der Waals surface area contributed by atoms with Crippen LogP contribution >= 0.6 is 0 Å². The van der Waals surface area contributed by atoms with Crippen LogP contribution in [0.25, 0.3) is 0 Å². The van der Waals surface area contributed by atoms with E-state index in [1.54, 1.807) is 6.07 Å². The van der Waals surface area contributed by atoms with Gasteiger partial charge in [-0.3, -0.25) is 0 Å². The Bertz CT molecular complexity index is 442. The van der Waals surface area contributed by atoms with Crippen molar-refractivity contribution in [1.29, 1.82) is 5.26 Å². The molecule has 3 heteroatoms. The molecule has 1 fully saturated rings. The van der Waals surface area contributed by atoms with Crippen molar-refractivity contribution in [2.75, 3.05) is 11.9 Å². The van der Waals surface area contributed by atoms with Gasteiger partial charge in [0.2, 0.25) is 0 Å². The Kier molecular flexibility index (Phi) is 3.88. The van der Waals surface area contributed by atoms with Gasteiger partial charge in [0.15, 0.2) is 0 Å². The normalized spacial score (nSPS) is 27.5. The number of hydrogen-bond donors (Lipinski definition) is 2. The lowest BCUT2D eigenvalue weighted by Crippen LogP contribution is -2.45. The third kappa shape index (κ3) is 2.65. The molecule has 2 N–H and O–H groups in total. The van der Waals surface area contributed by atoms with Gasteiger partial charge in [-0.1, -0.05) is 19.1 Å². The summed E-state index contributed by atoms with van der Waals surface area (Å²) in [6.07, 6.45) is 4.18. The van der Waals surface area contributed by atoms with Gasteiger partial charge < -0.3 is 10.4 Å². The molecule has 0 unspecified atom stereocenters. The highest BCUT2D eigenvalue weighted by Crippen LogP contribution is 2.34. The van der Waals surface area contributed by atoms with Crippen LogP contribution < -0.4 is 5.32 Å². The second-order valence-corrected chi connectivity index (χ2v) is 5.40. The maximum absolute atomic E-state index is 9.71. The Morgan fingerprint density at radius 2 is 2.06 bits per heavy atom. The van der Waals surface area contributed by atoms with Crippen LogP contribution in [0.2, 0.25) is 0 Å². The van der Waals surface area contributed by atoms with Crippen LogP contribution in [0.5, 0.6) is 0 Å². The van der Waals surface area contributed by atoms with Gasteiger partial charge in [0.05, 0.1) is 23.4 Å². The first kappa shape index (κ1) is 12.9.